The zero-order chi connectivity index (χ0) is 17.9. The van der Waals surface area contributed by atoms with Gasteiger partial charge in [0.05, 0.1) is 11.4 Å². The Hall–Kier alpha value is -1.93. The van der Waals surface area contributed by atoms with Crippen LogP contribution in [0, 0.1) is 0 Å². The van der Waals surface area contributed by atoms with Gasteiger partial charge in [0, 0.05) is 12.6 Å². The van der Waals surface area contributed by atoms with Crippen LogP contribution in [0.2, 0.25) is 0 Å². The molecule has 8 heteroatoms. The summed E-state index contributed by atoms with van der Waals surface area (Å²) in [6.45, 7) is 0.189. The highest BCUT2D eigenvalue weighted by Crippen LogP contribution is 2.25. The summed E-state index contributed by atoms with van der Waals surface area (Å²) in [6.07, 6.45) is 3.92. The van der Waals surface area contributed by atoms with Gasteiger partial charge in [0.1, 0.15) is 6.04 Å². The molecule has 3 rings (SSSR count). The van der Waals surface area contributed by atoms with E-state index in [1.54, 1.807) is 18.2 Å². The van der Waals surface area contributed by atoms with Crippen LogP contribution in [0.1, 0.15) is 32.1 Å². The second kappa shape index (κ2) is 7.53. The van der Waals surface area contributed by atoms with Gasteiger partial charge in [-0.05, 0) is 37.8 Å². The Morgan fingerprint density at radius 1 is 1.08 bits per heavy atom. The number of nitrogens with one attached hydrogen (secondary N) is 2. The Morgan fingerprint density at radius 3 is 2.48 bits per heavy atom. The van der Waals surface area contributed by atoms with Gasteiger partial charge in [-0.3, -0.25) is 9.59 Å². The third-order valence-corrected chi connectivity index (χ3v) is 6.39. The Kier molecular flexibility index (Phi) is 5.39. The first-order valence-corrected chi connectivity index (χ1v) is 10.1. The monoisotopic (exact) mass is 365 g/mol. The third kappa shape index (κ3) is 4.38. The van der Waals surface area contributed by atoms with Crippen LogP contribution in [0.25, 0.3) is 0 Å². The van der Waals surface area contributed by atoms with Crippen LogP contribution in [-0.4, -0.2) is 49.7 Å². The van der Waals surface area contributed by atoms with Gasteiger partial charge in [0.2, 0.25) is 21.8 Å². The van der Waals surface area contributed by atoms with Crippen LogP contribution >= 0.6 is 0 Å². The molecular weight excluding hydrogens is 342 g/mol. The van der Waals surface area contributed by atoms with Gasteiger partial charge in [0.25, 0.3) is 0 Å². The predicted molar refractivity (Wildman–Crippen MR) is 92.1 cm³/mol. The van der Waals surface area contributed by atoms with Crippen molar-refractivity contribution in [2.45, 2.75) is 49.1 Å². The van der Waals surface area contributed by atoms with Gasteiger partial charge in [-0.25, -0.2) is 8.42 Å². The van der Waals surface area contributed by atoms with Crippen molar-refractivity contribution in [1.82, 2.24) is 14.9 Å². The molecular formula is C17H23N3O4S. The second-order valence-corrected chi connectivity index (χ2v) is 8.39. The molecule has 0 bridgehead atoms. The standard InChI is InChI=1S/C17H23N3O4S/c21-16(19-13-9-10-13)12-18-17(22)15-8-4-5-11-20(15)25(23,24)14-6-2-1-3-7-14/h1-3,6-7,13,15H,4-5,8-12H2,(H,18,22)(H,19,21)/t15-/m0/s1. The third-order valence-electron chi connectivity index (χ3n) is 4.47. The molecule has 1 aromatic rings. The molecule has 0 radical (unpaired) electrons. The van der Waals surface area contributed by atoms with E-state index in [-0.39, 0.29) is 23.4 Å². The SMILES string of the molecule is O=C(CNC(=O)[C@@H]1CCCCN1S(=O)(=O)c1ccccc1)NC1CC1. The van der Waals surface area contributed by atoms with Crippen LogP contribution in [0.15, 0.2) is 35.2 Å². The normalized spacial score (nSPS) is 21.5. The summed E-state index contributed by atoms with van der Waals surface area (Å²) in [7, 11) is -3.73. The molecule has 2 N–H and O–H groups in total. The number of carbonyl (C=O) groups is 2. The quantitative estimate of drug-likeness (QED) is 0.773. The molecule has 1 saturated heterocycles. The molecule has 2 aliphatic rings. The van der Waals surface area contributed by atoms with Crippen molar-refractivity contribution in [2.24, 2.45) is 0 Å². The van der Waals surface area contributed by atoms with Crippen LogP contribution in [-0.2, 0) is 19.6 Å². The minimum absolute atomic E-state index is 0.120. The number of amides is 2. The summed E-state index contributed by atoms with van der Waals surface area (Å²) in [5, 5.41) is 5.38. The van der Waals surface area contributed by atoms with Crippen molar-refractivity contribution in [3.05, 3.63) is 30.3 Å². The van der Waals surface area contributed by atoms with Crippen LogP contribution in [0.5, 0.6) is 0 Å². The largest absolute Gasteiger partial charge is 0.352 e. The Morgan fingerprint density at radius 2 is 1.80 bits per heavy atom. The van der Waals surface area contributed by atoms with E-state index in [1.807, 2.05) is 0 Å². The maximum absolute atomic E-state index is 12.9. The molecule has 0 spiro atoms. The molecule has 1 atom stereocenters. The van der Waals surface area contributed by atoms with Crippen LogP contribution in [0.3, 0.4) is 0 Å². The average molecular weight is 365 g/mol. The molecule has 25 heavy (non-hydrogen) atoms. The highest BCUT2D eigenvalue weighted by molar-refractivity contribution is 7.89. The molecule has 2 fully saturated rings. The van der Waals surface area contributed by atoms with E-state index < -0.39 is 22.0 Å². The van der Waals surface area contributed by atoms with Crippen LogP contribution in [0.4, 0.5) is 0 Å². The fraction of sp³-hybridized carbons (Fsp3) is 0.529. The molecule has 1 aromatic carbocycles. The van der Waals surface area contributed by atoms with Gasteiger partial charge < -0.3 is 10.6 Å². The molecule has 0 unspecified atom stereocenters. The van der Waals surface area contributed by atoms with Gasteiger partial charge in [-0.1, -0.05) is 24.6 Å². The van der Waals surface area contributed by atoms with E-state index in [0.29, 0.717) is 13.0 Å². The maximum Gasteiger partial charge on any atom is 0.243 e. The summed E-state index contributed by atoms with van der Waals surface area (Å²) < 4.78 is 27.0. The molecule has 0 aromatic heterocycles. The molecule has 1 heterocycles. The van der Waals surface area contributed by atoms with Crippen molar-refractivity contribution in [2.75, 3.05) is 13.1 Å². The number of hydrogen-bond acceptors (Lipinski definition) is 4. The van der Waals surface area contributed by atoms with Gasteiger partial charge in [-0.2, -0.15) is 4.31 Å². The topological polar surface area (TPSA) is 95.6 Å². The van der Waals surface area contributed by atoms with Crippen molar-refractivity contribution >= 4 is 21.8 Å². The lowest BCUT2D eigenvalue weighted by molar-refractivity contribution is -0.129. The zero-order valence-corrected chi connectivity index (χ0v) is 14.8. The summed E-state index contributed by atoms with van der Waals surface area (Å²) in [6, 6.07) is 7.59. The first-order chi connectivity index (χ1) is 12.0. The van der Waals surface area contributed by atoms with Crippen molar-refractivity contribution < 1.29 is 18.0 Å². The van der Waals surface area contributed by atoms with E-state index in [1.165, 1.54) is 16.4 Å². The smallest absolute Gasteiger partial charge is 0.243 e. The number of nitrogens with zero attached hydrogens (tertiary/aromatic N) is 1. The number of carbonyl (C=O) groups excluding carboxylic acids is 2. The maximum atomic E-state index is 12.9. The van der Waals surface area contributed by atoms with Gasteiger partial charge in [0.15, 0.2) is 0 Å². The van der Waals surface area contributed by atoms with E-state index in [0.717, 1.165) is 25.7 Å². The Bertz CT molecular complexity index is 732. The number of piperidine rings is 1. The van der Waals surface area contributed by atoms with E-state index in [4.69, 9.17) is 0 Å². The molecule has 2 amide bonds. The van der Waals surface area contributed by atoms with E-state index in [9.17, 15) is 18.0 Å². The summed E-state index contributed by atoms with van der Waals surface area (Å²) in [5.41, 5.74) is 0. The predicted octanol–water partition coefficient (Wildman–Crippen LogP) is 0.625. The summed E-state index contributed by atoms with van der Waals surface area (Å²) in [5.74, 6) is -0.644. The lowest BCUT2D eigenvalue weighted by Crippen LogP contribution is -2.53. The fourth-order valence-corrected chi connectivity index (χ4v) is 4.65. The Labute approximate surface area is 147 Å². The Balaban J connectivity index is 1.67. The van der Waals surface area contributed by atoms with Crippen molar-refractivity contribution in [1.29, 1.82) is 0 Å². The average Bonchev–Trinajstić information content (AvgIpc) is 3.44. The first-order valence-electron chi connectivity index (χ1n) is 8.62. The first kappa shape index (κ1) is 17.9. The fourth-order valence-electron chi connectivity index (χ4n) is 2.97. The van der Waals surface area contributed by atoms with Crippen molar-refractivity contribution in [3.8, 4) is 0 Å². The highest BCUT2D eigenvalue weighted by Gasteiger charge is 2.37. The molecule has 1 aliphatic heterocycles. The number of hydrogen-bond donors (Lipinski definition) is 2. The minimum Gasteiger partial charge on any atom is -0.352 e. The summed E-state index contributed by atoms with van der Waals surface area (Å²) >= 11 is 0. The minimum atomic E-state index is -3.73. The molecule has 1 saturated carbocycles. The highest BCUT2D eigenvalue weighted by atomic mass is 32.2. The van der Waals surface area contributed by atoms with E-state index in [2.05, 4.69) is 10.6 Å². The van der Waals surface area contributed by atoms with Crippen LogP contribution < -0.4 is 10.6 Å². The number of rotatable bonds is 6. The van der Waals surface area contributed by atoms with Crippen molar-refractivity contribution in [3.63, 3.8) is 0 Å². The molecule has 7 nitrogen and oxygen atoms in total. The lowest BCUT2D eigenvalue weighted by atomic mass is 10.0. The molecule has 1 aliphatic carbocycles. The number of benzene rings is 1. The zero-order valence-electron chi connectivity index (χ0n) is 14.0. The summed E-state index contributed by atoms with van der Waals surface area (Å²) in [4.78, 5) is 24.4. The van der Waals surface area contributed by atoms with Gasteiger partial charge in [-0.15, -0.1) is 0 Å². The number of sulfonamides is 1. The van der Waals surface area contributed by atoms with E-state index >= 15 is 0 Å². The van der Waals surface area contributed by atoms with Gasteiger partial charge >= 0.3 is 0 Å². The lowest BCUT2D eigenvalue weighted by Gasteiger charge is -2.33. The molecule has 136 valence electrons. The second-order valence-electron chi connectivity index (χ2n) is 6.50.